The maximum Gasteiger partial charge on any atom is 0.231 e. The first kappa shape index (κ1) is 7.82. The number of pyridine rings is 1. The fraction of sp³-hybridized carbons (Fsp3) is 0.100. The Labute approximate surface area is 85.3 Å². The van der Waals surface area contributed by atoms with Crippen molar-refractivity contribution >= 4 is 23.0 Å². The van der Waals surface area contributed by atoms with E-state index in [0.717, 1.165) is 26.9 Å². The Morgan fingerprint density at radius 2 is 2.00 bits per heavy atom. The third-order valence-electron chi connectivity index (χ3n) is 2.27. The van der Waals surface area contributed by atoms with Crippen LogP contribution in [0.2, 0.25) is 0 Å². The molecule has 2 aromatic rings. The van der Waals surface area contributed by atoms with Crippen LogP contribution in [0, 0.1) is 4.64 Å². The number of rotatable bonds is 0. The molecule has 70 valence electrons. The topological polar surface area (TPSA) is 34.2 Å². The molecule has 0 bridgehead atoms. The van der Waals surface area contributed by atoms with Gasteiger partial charge >= 0.3 is 0 Å². The highest BCUT2D eigenvalue weighted by atomic mass is 32.1. The first-order chi connectivity index (χ1) is 6.84. The molecule has 3 nitrogen and oxygen atoms in total. The molecule has 0 radical (unpaired) electrons. The molecular weight excluding hydrogens is 198 g/mol. The molecule has 0 amide bonds. The average molecular weight is 205 g/mol. The van der Waals surface area contributed by atoms with Crippen molar-refractivity contribution < 1.29 is 9.47 Å². The molecule has 2 heterocycles. The third-order valence-corrected chi connectivity index (χ3v) is 2.60. The molecule has 0 atom stereocenters. The van der Waals surface area contributed by atoms with Crippen molar-refractivity contribution in [1.29, 1.82) is 0 Å². The van der Waals surface area contributed by atoms with Gasteiger partial charge in [-0.15, -0.1) is 0 Å². The zero-order valence-electron chi connectivity index (χ0n) is 7.24. The van der Waals surface area contributed by atoms with E-state index in [1.54, 1.807) is 0 Å². The summed E-state index contributed by atoms with van der Waals surface area (Å²) in [6, 6.07) is 5.82. The predicted octanol–water partition coefficient (Wildman–Crippen LogP) is 2.63. The highest BCUT2D eigenvalue weighted by molar-refractivity contribution is 7.71. The van der Waals surface area contributed by atoms with E-state index in [2.05, 4.69) is 4.98 Å². The normalized spacial score (nSPS) is 13.4. The van der Waals surface area contributed by atoms with Gasteiger partial charge in [-0.05, 0) is 23.6 Å². The summed E-state index contributed by atoms with van der Waals surface area (Å²) in [7, 11) is 0. The number of aromatic amines is 1. The fourth-order valence-corrected chi connectivity index (χ4v) is 1.82. The van der Waals surface area contributed by atoms with E-state index in [1.165, 1.54) is 0 Å². The van der Waals surface area contributed by atoms with Crippen molar-refractivity contribution in [3.63, 3.8) is 0 Å². The van der Waals surface area contributed by atoms with Gasteiger partial charge in [-0.25, -0.2) is 0 Å². The van der Waals surface area contributed by atoms with Gasteiger partial charge in [-0.3, -0.25) is 0 Å². The number of hydrogen-bond donors (Lipinski definition) is 1. The molecule has 4 heteroatoms. The average Bonchev–Trinajstić information content (AvgIpc) is 2.62. The summed E-state index contributed by atoms with van der Waals surface area (Å²) in [6.07, 6.45) is 1.83. The summed E-state index contributed by atoms with van der Waals surface area (Å²) in [4.78, 5) is 2.98. The largest absolute Gasteiger partial charge is 0.454 e. The summed E-state index contributed by atoms with van der Waals surface area (Å²) >= 11 is 5.17. The molecule has 1 aliphatic heterocycles. The van der Waals surface area contributed by atoms with Gasteiger partial charge in [-0.1, -0.05) is 12.2 Å². The van der Waals surface area contributed by atoms with Crippen molar-refractivity contribution in [1.82, 2.24) is 4.98 Å². The number of benzene rings is 1. The van der Waals surface area contributed by atoms with Gasteiger partial charge in [0.1, 0.15) is 4.64 Å². The van der Waals surface area contributed by atoms with Crippen molar-refractivity contribution in [2.24, 2.45) is 0 Å². The Hall–Kier alpha value is -1.55. The second-order valence-electron chi connectivity index (χ2n) is 3.10. The van der Waals surface area contributed by atoms with E-state index < -0.39 is 0 Å². The van der Waals surface area contributed by atoms with Crippen LogP contribution in [0.5, 0.6) is 11.5 Å². The maximum atomic E-state index is 5.28. The van der Waals surface area contributed by atoms with E-state index >= 15 is 0 Å². The Bertz CT molecular complexity index is 562. The molecule has 0 saturated heterocycles. The zero-order chi connectivity index (χ0) is 9.54. The Balaban J connectivity index is 2.45. The van der Waals surface area contributed by atoms with E-state index in [1.807, 2.05) is 24.4 Å². The Morgan fingerprint density at radius 1 is 1.21 bits per heavy atom. The highest BCUT2D eigenvalue weighted by Crippen LogP contribution is 2.35. The molecular formula is C10H7NO2S. The summed E-state index contributed by atoms with van der Waals surface area (Å²) in [5, 5.41) is 2.06. The van der Waals surface area contributed by atoms with Crippen molar-refractivity contribution in [3.05, 3.63) is 29.0 Å². The first-order valence-electron chi connectivity index (χ1n) is 4.26. The van der Waals surface area contributed by atoms with Crippen LogP contribution in [0.15, 0.2) is 24.4 Å². The number of nitrogens with one attached hydrogen (secondary N) is 1. The van der Waals surface area contributed by atoms with E-state index in [-0.39, 0.29) is 0 Å². The number of ether oxygens (including phenoxy) is 2. The zero-order valence-corrected chi connectivity index (χ0v) is 8.06. The van der Waals surface area contributed by atoms with Gasteiger partial charge in [0.25, 0.3) is 0 Å². The molecule has 0 saturated carbocycles. The third kappa shape index (κ3) is 1.01. The lowest BCUT2D eigenvalue weighted by molar-refractivity contribution is 0.174. The molecule has 0 fully saturated rings. The van der Waals surface area contributed by atoms with E-state index in [0.29, 0.717) is 6.79 Å². The second-order valence-corrected chi connectivity index (χ2v) is 3.51. The fourth-order valence-electron chi connectivity index (χ4n) is 1.58. The lowest BCUT2D eigenvalue weighted by atomic mass is 10.1. The monoisotopic (exact) mass is 205 g/mol. The molecule has 0 spiro atoms. The standard InChI is InChI=1S/C10H7NO2S/c14-10-7-4-9-8(12-5-13-9)3-6(7)1-2-11-10/h1-4H,5H2,(H,11,14). The number of aromatic nitrogens is 1. The minimum atomic E-state index is 0.294. The van der Waals surface area contributed by atoms with Gasteiger partial charge in [-0.2, -0.15) is 0 Å². The van der Waals surface area contributed by atoms with Crippen molar-refractivity contribution in [2.45, 2.75) is 0 Å². The maximum absolute atomic E-state index is 5.28. The number of fused-ring (bicyclic) bond motifs is 2. The van der Waals surface area contributed by atoms with Crippen LogP contribution in [0.4, 0.5) is 0 Å². The van der Waals surface area contributed by atoms with Gasteiger partial charge < -0.3 is 14.5 Å². The second kappa shape index (κ2) is 2.72. The number of hydrogen-bond acceptors (Lipinski definition) is 3. The van der Waals surface area contributed by atoms with Crippen LogP contribution >= 0.6 is 12.2 Å². The summed E-state index contributed by atoms with van der Waals surface area (Å²) < 4.78 is 11.3. The molecule has 1 aromatic carbocycles. The van der Waals surface area contributed by atoms with Crippen LogP contribution < -0.4 is 9.47 Å². The summed E-state index contributed by atoms with van der Waals surface area (Å²) in [5.41, 5.74) is 0. The first-order valence-corrected chi connectivity index (χ1v) is 4.66. The minimum absolute atomic E-state index is 0.294. The van der Waals surface area contributed by atoms with Crippen LogP contribution in [-0.4, -0.2) is 11.8 Å². The molecule has 1 aliphatic rings. The lowest BCUT2D eigenvalue weighted by Crippen LogP contribution is -1.92. The predicted molar refractivity (Wildman–Crippen MR) is 55.3 cm³/mol. The molecule has 0 unspecified atom stereocenters. The quantitative estimate of drug-likeness (QED) is 0.671. The van der Waals surface area contributed by atoms with Gasteiger partial charge in [0.05, 0.1) is 0 Å². The molecule has 3 rings (SSSR count). The van der Waals surface area contributed by atoms with Crippen LogP contribution in [0.3, 0.4) is 0 Å². The Morgan fingerprint density at radius 3 is 2.86 bits per heavy atom. The Kier molecular flexibility index (Phi) is 1.52. The van der Waals surface area contributed by atoms with Crippen LogP contribution in [0.25, 0.3) is 10.8 Å². The lowest BCUT2D eigenvalue weighted by Gasteiger charge is -2.00. The van der Waals surface area contributed by atoms with Gasteiger partial charge in [0, 0.05) is 11.6 Å². The molecule has 1 N–H and O–H groups in total. The summed E-state index contributed by atoms with van der Waals surface area (Å²) in [6.45, 7) is 0.294. The van der Waals surface area contributed by atoms with Crippen molar-refractivity contribution in [2.75, 3.05) is 6.79 Å². The van der Waals surface area contributed by atoms with E-state index in [4.69, 9.17) is 21.7 Å². The van der Waals surface area contributed by atoms with Crippen LogP contribution in [-0.2, 0) is 0 Å². The number of H-pyrrole nitrogens is 1. The van der Waals surface area contributed by atoms with E-state index in [9.17, 15) is 0 Å². The van der Waals surface area contributed by atoms with Gasteiger partial charge in [0.2, 0.25) is 6.79 Å². The van der Waals surface area contributed by atoms with Crippen molar-refractivity contribution in [3.8, 4) is 11.5 Å². The molecule has 0 aliphatic carbocycles. The minimum Gasteiger partial charge on any atom is -0.454 e. The highest BCUT2D eigenvalue weighted by Gasteiger charge is 2.14. The van der Waals surface area contributed by atoms with Gasteiger partial charge in [0.15, 0.2) is 11.5 Å². The molecule has 14 heavy (non-hydrogen) atoms. The smallest absolute Gasteiger partial charge is 0.231 e. The SMILES string of the molecule is S=c1[nH]ccc2cc3c(cc12)OCO3. The summed E-state index contributed by atoms with van der Waals surface area (Å²) in [5.74, 6) is 1.56. The van der Waals surface area contributed by atoms with Crippen LogP contribution in [0.1, 0.15) is 0 Å². The molecule has 1 aromatic heterocycles.